The summed E-state index contributed by atoms with van der Waals surface area (Å²) in [6.07, 6.45) is 34.7. The molecule has 304 valence electrons. The summed E-state index contributed by atoms with van der Waals surface area (Å²) in [5.74, 6) is 0.536. The Hall–Kier alpha value is -1.94. The van der Waals surface area contributed by atoms with Gasteiger partial charge < -0.3 is 4.74 Å². The Morgan fingerprint density at radius 2 is 0.642 bits per heavy atom. The predicted octanol–water partition coefficient (Wildman–Crippen LogP) is 14.0. The molecular weight excluding hydrogens is 705 g/mol. The summed E-state index contributed by atoms with van der Waals surface area (Å²) in [4.78, 5) is -0.381. The lowest BCUT2D eigenvalue weighted by Crippen LogP contribution is -2.08. The van der Waals surface area contributed by atoms with Crippen molar-refractivity contribution in [2.75, 3.05) is 0 Å². The van der Waals surface area contributed by atoms with E-state index in [-0.39, 0.29) is 21.3 Å². The molecule has 0 unspecified atom stereocenters. The molecule has 2 aromatic carbocycles. The lowest BCUT2D eigenvalue weighted by molar-refractivity contribution is 0.451. The average molecular weight is 779 g/mol. The topological polar surface area (TPSA) is 118 Å². The van der Waals surface area contributed by atoms with Gasteiger partial charge in [-0.2, -0.15) is 16.8 Å². The molecule has 0 fully saturated rings. The van der Waals surface area contributed by atoms with E-state index in [9.17, 15) is 25.9 Å². The Morgan fingerprint density at radius 3 is 0.887 bits per heavy atom. The molecule has 0 atom stereocenters. The summed E-state index contributed by atoms with van der Waals surface area (Å²) in [6.45, 7) is 4.50. The molecule has 2 rings (SSSR count). The highest BCUT2D eigenvalue weighted by molar-refractivity contribution is 7.86. The second-order valence-electron chi connectivity index (χ2n) is 15.2. The van der Waals surface area contributed by atoms with E-state index in [4.69, 9.17) is 4.74 Å². The first kappa shape index (κ1) is 47.2. The maximum Gasteiger partial charge on any atom is 0.294 e. The van der Waals surface area contributed by atoms with Crippen molar-refractivity contribution in [2.24, 2.45) is 0 Å². The van der Waals surface area contributed by atoms with E-state index in [1.807, 2.05) is 0 Å². The van der Waals surface area contributed by atoms with E-state index in [1.54, 1.807) is 12.1 Å². The first-order valence-electron chi connectivity index (χ1n) is 21.5. The van der Waals surface area contributed by atoms with Gasteiger partial charge in [0.05, 0.1) is 0 Å². The zero-order valence-corrected chi connectivity index (χ0v) is 35.1. The van der Waals surface area contributed by atoms with Gasteiger partial charge in [0.1, 0.15) is 21.3 Å². The van der Waals surface area contributed by atoms with Gasteiger partial charge in [-0.05, 0) is 49.9 Å². The molecule has 0 aliphatic rings. The molecule has 0 heterocycles. The van der Waals surface area contributed by atoms with Crippen LogP contribution < -0.4 is 4.74 Å². The van der Waals surface area contributed by atoms with Crippen molar-refractivity contribution in [3.05, 3.63) is 47.5 Å². The van der Waals surface area contributed by atoms with Gasteiger partial charge in [0, 0.05) is 11.1 Å². The van der Waals surface area contributed by atoms with Crippen molar-refractivity contribution in [2.45, 2.75) is 216 Å². The first-order chi connectivity index (χ1) is 25.6. The highest BCUT2D eigenvalue weighted by Gasteiger charge is 2.23. The Labute approximate surface area is 325 Å². The fourth-order valence-electron chi connectivity index (χ4n) is 7.37. The zero-order chi connectivity index (χ0) is 38.6. The van der Waals surface area contributed by atoms with E-state index in [0.29, 0.717) is 24.0 Å². The van der Waals surface area contributed by atoms with Crippen LogP contribution in [0.5, 0.6) is 11.5 Å². The van der Waals surface area contributed by atoms with E-state index in [0.717, 1.165) is 51.4 Å². The van der Waals surface area contributed by atoms with Gasteiger partial charge >= 0.3 is 0 Å². The maximum absolute atomic E-state index is 12.4. The van der Waals surface area contributed by atoms with Crippen molar-refractivity contribution >= 4 is 20.2 Å². The average Bonchev–Trinajstić information content (AvgIpc) is 3.12. The second-order valence-corrected chi connectivity index (χ2v) is 18.0. The van der Waals surface area contributed by atoms with Crippen LogP contribution in [-0.2, 0) is 33.1 Å². The van der Waals surface area contributed by atoms with Gasteiger partial charge in [-0.3, -0.25) is 9.11 Å². The minimum Gasteiger partial charge on any atom is -0.457 e. The quantitative estimate of drug-likeness (QED) is 0.0536. The Morgan fingerprint density at radius 1 is 0.396 bits per heavy atom. The third-order valence-corrected chi connectivity index (χ3v) is 12.4. The van der Waals surface area contributed by atoms with Gasteiger partial charge in [-0.25, -0.2) is 0 Å². The normalized spacial score (nSPS) is 12.1. The molecule has 0 aliphatic carbocycles. The number of unbranched alkanes of at least 4 members (excludes halogenated alkanes) is 26. The van der Waals surface area contributed by atoms with Crippen LogP contribution >= 0.6 is 0 Å². The Bertz CT molecular complexity index is 1340. The van der Waals surface area contributed by atoms with Crippen LogP contribution in [0.3, 0.4) is 0 Å². The third-order valence-electron chi connectivity index (χ3n) is 10.5. The smallest absolute Gasteiger partial charge is 0.294 e. The summed E-state index contributed by atoms with van der Waals surface area (Å²) in [6, 6.07) is 9.12. The van der Waals surface area contributed by atoms with Crippen LogP contribution in [0, 0.1) is 0 Å². The van der Waals surface area contributed by atoms with Crippen molar-refractivity contribution in [1.82, 2.24) is 0 Å². The standard InChI is InChI=1S/C44H74O7S2/c1-3-5-7-9-11-13-15-17-19-21-23-25-27-29-33-39-41(35-31-37-43(39)52(45,46)47)51-42-36-32-38-44(53(48,49)50)40(42)34-30-28-26-24-22-20-18-16-14-12-10-8-6-4-2/h31-32,35-38H,3-30,33-34H2,1-2H3,(H,45,46,47)(H,48,49,50). The highest BCUT2D eigenvalue weighted by Crippen LogP contribution is 2.36. The number of hydrogen-bond donors (Lipinski definition) is 2. The zero-order valence-electron chi connectivity index (χ0n) is 33.4. The Balaban J connectivity index is 1.91. The minimum absolute atomic E-state index is 0.191. The minimum atomic E-state index is -4.51. The largest absolute Gasteiger partial charge is 0.457 e. The van der Waals surface area contributed by atoms with Gasteiger partial charge in [0.2, 0.25) is 0 Å². The summed E-state index contributed by atoms with van der Waals surface area (Å²) in [5.41, 5.74) is 0.766. The summed E-state index contributed by atoms with van der Waals surface area (Å²) >= 11 is 0. The molecule has 0 saturated carbocycles. The fourth-order valence-corrected chi connectivity index (χ4v) is 8.90. The van der Waals surface area contributed by atoms with Crippen molar-refractivity contribution in [3.63, 3.8) is 0 Å². The van der Waals surface area contributed by atoms with E-state index >= 15 is 0 Å². The van der Waals surface area contributed by atoms with Crippen LogP contribution in [-0.4, -0.2) is 25.9 Å². The van der Waals surface area contributed by atoms with Crippen molar-refractivity contribution in [3.8, 4) is 11.5 Å². The molecule has 0 spiro atoms. The van der Waals surface area contributed by atoms with E-state index in [2.05, 4.69) is 13.8 Å². The molecule has 0 saturated heterocycles. The lowest BCUT2D eigenvalue weighted by Gasteiger charge is -2.18. The van der Waals surface area contributed by atoms with Gasteiger partial charge in [0.15, 0.2) is 0 Å². The molecule has 2 N–H and O–H groups in total. The molecule has 0 bridgehead atoms. The van der Waals surface area contributed by atoms with Crippen LogP contribution in [0.4, 0.5) is 0 Å². The third kappa shape index (κ3) is 21.1. The summed E-state index contributed by atoms with van der Waals surface area (Å²) in [5, 5.41) is 0. The molecule has 9 heteroatoms. The van der Waals surface area contributed by atoms with Gasteiger partial charge in [0.25, 0.3) is 20.2 Å². The highest BCUT2D eigenvalue weighted by atomic mass is 32.2. The van der Waals surface area contributed by atoms with Crippen LogP contribution in [0.2, 0.25) is 0 Å². The van der Waals surface area contributed by atoms with Gasteiger partial charge in [-0.1, -0.05) is 193 Å². The van der Waals surface area contributed by atoms with Crippen LogP contribution in [0.15, 0.2) is 46.2 Å². The molecular formula is C44H74O7S2. The van der Waals surface area contributed by atoms with Gasteiger partial charge in [-0.15, -0.1) is 0 Å². The Kier molecular flexibility index (Phi) is 25.4. The molecule has 0 amide bonds. The summed E-state index contributed by atoms with van der Waals surface area (Å²) < 4.78 is 76.1. The monoisotopic (exact) mass is 778 g/mol. The second kappa shape index (κ2) is 28.5. The fraction of sp³-hybridized carbons (Fsp3) is 0.727. The van der Waals surface area contributed by atoms with Crippen LogP contribution in [0.1, 0.15) is 205 Å². The SMILES string of the molecule is CCCCCCCCCCCCCCCCc1c(Oc2cccc(S(=O)(=O)O)c2CCCCCCCCCCCCCCCC)cccc1S(=O)(=O)O. The predicted molar refractivity (Wildman–Crippen MR) is 221 cm³/mol. The number of benzene rings is 2. The molecule has 0 aromatic heterocycles. The molecule has 2 aromatic rings. The lowest BCUT2D eigenvalue weighted by atomic mass is 10.0. The summed E-state index contributed by atoms with van der Waals surface area (Å²) in [7, 11) is -9.02. The molecule has 0 radical (unpaired) electrons. The first-order valence-corrected chi connectivity index (χ1v) is 24.3. The maximum atomic E-state index is 12.4. The number of ether oxygens (including phenoxy) is 1. The van der Waals surface area contributed by atoms with Crippen molar-refractivity contribution in [1.29, 1.82) is 0 Å². The number of hydrogen-bond acceptors (Lipinski definition) is 5. The molecule has 53 heavy (non-hydrogen) atoms. The molecule has 7 nitrogen and oxygen atoms in total. The van der Waals surface area contributed by atoms with E-state index < -0.39 is 20.2 Å². The van der Waals surface area contributed by atoms with Crippen molar-refractivity contribution < 1.29 is 30.7 Å². The van der Waals surface area contributed by atoms with Crippen LogP contribution in [0.25, 0.3) is 0 Å². The number of rotatable bonds is 34. The van der Waals surface area contributed by atoms with E-state index in [1.165, 1.54) is 153 Å². The molecule has 0 aliphatic heterocycles.